The average Bonchev–Trinajstić information content (AvgIpc) is 1.96. The third-order valence-corrected chi connectivity index (χ3v) is 1.43. The Morgan fingerprint density at radius 2 is 2.08 bits per heavy atom. The van der Waals surface area contributed by atoms with E-state index in [0.29, 0.717) is 0 Å². The summed E-state index contributed by atoms with van der Waals surface area (Å²) in [6.45, 7) is 1.57. The second-order valence-corrected chi connectivity index (χ2v) is 2.39. The molecule has 6 heteroatoms. The molecule has 0 aliphatic carbocycles. The minimum absolute atomic E-state index is 0.230. The first-order valence-corrected chi connectivity index (χ1v) is 3.50. The molecule has 1 unspecified atom stereocenters. The summed E-state index contributed by atoms with van der Waals surface area (Å²) in [4.78, 5) is 10.6. The van der Waals surface area contributed by atoms with Gasteiger partial charge in [0.15, 0.2) is 0 Å². The molecule has 0 aliphatic rings. The Bertz CT molecular complexity index is 157. The molecule has 1 amide bonds. The van der Waals surface area contributed by atoms with Gasteiger partial charge in [-0.1, -0.05) is 13.3 Å². The maximum absolute atomic E-state index is 12.0. The number of hydrazine groups is 1. The summed E-state index contributed by atoms with van der Waals surface area (Å²) in [5, 5.41) is 0. The zero-order valence-corrected chi connectivity index (χ0v) is 6.61. The topological polar surface area (TPSA) is 55.1 Å². The van der Waals surface area contributed by atoms with Gasteiger partial charge in [-0.3, -0.25) is 10.2 Å². The molecule has 0 aliphatic heterocycles. The lowest BCUT2D eigenvalue weighted by molar-refractivity contribution is -0.184. The van der Waals surface area contributed by atoms with Crippen LogP contribution in [-0.4, -0.2) is 12.1 Å². The molecule has 1 atom stereocenters. The average molecular weight is 184 g/mol. The first-order chi connectivity index (χ1) is 5.43. The largest absolute Gasteiger partial charge is 0.400 e. The molecule has 0 aromatic carbocycles. The lowest BCUT2D eigenvalue weighted by Gasteiger charge is -2.17. The van der Waals surface area contributed by atoms with Crippen LogP contribution in [0.3, 0.4) is 0 Å². The molecule has 0 heterocycles. The standard InChI is InChI=1S/C6H11F3N2O/c1-2-3-4(5(12)11-10)6(7,8)9/h4H,2-3,10H2,1H3,(H,11,12). The Labute approximate surface area is 68.1 Å². The van der Waals surface area contributed by atoms with Crippen LogP contribution in [0.4, 0.5) is 13.2 Å². The zero-order valence-electron chi connectivity index (χ0n) is 6.61. The number of hydrogen-bond donors (Lipinski definition) is 2. The molecular weight excluding hydrogens is 173 g/mol. The van der Waals surface area contributed by atoms with E-state index in [0.717, 1.165) is 0 Å². The molecule has 12 heavy (non-hydrogen) atoms. The van der Waals surface area contributed by atoms with Crippen LogP contribution in [0.15, 0.2) is 0 Å². The van der Waals surface area contributed by atoms with Crippen LogP contribution in [0.1, 0.15) is 19.8 Å². The van der Waals surface area contributed by atoms with Crippen molar-refractivity contribution in [3.8, 4) is 0 Å². The van der Waals surface area contributed by atoms with E-state index >= 15 is 0 Å². The van der Waals surface area contributed by atoms with Crippen LogP contribution < -0.4 is 11.3 Å². The van der Waals surface area contributed by atoms with Gasteiger partial charge in [-0.2, -0.15) is 13.2 Å². The molecule has 72 valence electrons. The number of alkyl halides is 3. The molecule has 0 saturated carbocycles. The van der Waals surface area contributed by atoms with Gasteiger partial charge in [0.2, 0.25) is 5.91 Å². The van der Waals surface area contributed by atoms with Gasteiger partial charge in [-0.25, -0.2) is 5.84 Å². The normalized spacial score (nSPS) is 14.1. The maximum Gasteiger partial charge on any atom is 0.400 e. The van der Waals surface area contributed by atoms with Crippen molar-refractivity contribution < 1.29 is 18.0 Å². The third kappa shape index (κ3) is 3.08. The first-order valence-electron chi connectivity index (χ1n) is 3.50. The molecule has 3 N–H and O–H groups in total. The predicted molar refractivity (Wildman–Crippen MR) is 36.8 cm³/mol. The van der Waals surface area contributed by atoms with Gasteiger partial charge in [0.25, 0.3) is 0 Å². The van der Waals surface area contributed by atoms with Crippen molar-refractivity contribution in [2.75, 3.05) is 0 Å². The van der Waals surface area contributed by atoms with Gasteiger partial charge in [0, 0.05) is 0 Å². The van der Waals surface area contributed by atoms with Crippen molar-refractivity contribution >= 4 is 5.91 Å². The van der Waals surface area contributed by atoms with Crippen LogP contribution in [0.2, 0.25) is 0 Å². The summed E-state index contributed by atoms with van der Waals surface area (Å²) in [5.41, 5.74) is 1.50. The molecular formula is C6H11F3N2O. The highest BCUT2D eigenvalue weighted by molar-refractivity contribution is 5.78. The first kappa shape index (κ1) is 11.2. The van der Waals surface area contributed by atoms with Gasteiger partial charge in [0.1, 0.15) is 5.92 Å². The summed E-state index contributed by atoms with van der Waals surface area (Å²) >= 11 is 0. The number of halogens is 3. The molecule has 0 radical (unpaired) electrons. The van der Waals surface area contributed by atoms with E-state index < -0.39 is 18.0 Å². The number of nitrogens with one attached hydrogen (secondary N) is 1. The summed E-state index contributed by atoms with van der Waals surface area (Å²) in [6, 6.07) is 0. The van der Waals surface area contributed by atoms with E-state index in [9.17, 15) is 18.0 Å². The van der Waals surface area contributed by atoms with Crippen molar-refractivity contribution in [1.29, 1.82) is 0 Å². The number of carbonyl (C=O) groups excluding carboxylic acids is 1. The summed E-state index contributed by atoms with van der Waals surface area (Å²) in [6.07, 6.45) is -4.44. The minimum Gasteiger partial charge on any atom is -0.294 e. The summed E-state index contributed by atoms with van der Waals surface area (Å²) in [7, 11) is 0. The molecule has 0 rings (SSSR count). The Hall–Kier alpha value is -0.780. The second kappa shape index (κ2) is 4.30. The maximum atomic E-state index is 12.0. The van der Waals surface area contributed by atoms with E-state index in [1.54, 1.807) is 6.92 Å². The number of amides is 1. The molecule has 0 fully saturated rings. The van der Waals surface area contributed by atoms with Crippen LogP contribution in [-0.2, 0) is 4.79 Å². The number of hydrogen-bond acceptors (Lipinski definition) is 2. The van der Waals surface area contributed by atoms with E-state index in [2.05, 4.69) is 5.84 Å². The summed E-state index contributed by atoms with van der Waals surface area (Å²) < 4.78 is 36.1. The lowest BCUT2D eigenvalue weighted by Crippen LogP contribution is -2.42. The summed E-state index contributed by atoms with van der Waals surface area (Å²) in [5.74, 6) is 1.44. The predicted octanol–water partition coefficient (Wildman–Crippen LogP) is 0.955. The van der Waals surface area contributed by atoms with Crippen LogP contribution in [0.5, 0.6) is 0 Å². The van der Waals surface area contributed by atoms with E-state index in [4.69, 9.17) is 0 Å². The van der Waals surface area contributed by atoms with Gasteiger partial charge in [-0.15, -0.1) is 0 Å². The fraction of sp³-hybridized carbons (Fsp3) is 0.833. The lowest BCUT2D eigenvalue weighted by atomic mass is 10.0. The highest BCUT2D eigenvalue weighted by atomic mass is 19.4. The second-order valence-electron chi connectivity index (χ2n) is 2.39. The fourth-order valence-corrected chi connectivity index (χ4v) is 0.833. The van der Waals surface area contributed by atoms with Gasteiger partial charge < -0.3 is 0 Å². The smallest absolute Gasteiger partial charge is 0.294 e. The minimum atomic E-state index is -4.50. The van der Waals surface area contributed by atoms with Crippen molar-refractivity contribution in [3.05, 3.63) is 0 Å². The van der Waals surface area contributed by atoms with Crippen molar-refractivity contribution in [2.24, 2.45) is 11.8 Å². The Morgan fingerprint density at radius 3 is 2.33 bits per heavy atom. The molecule has 0 bridgehead atoms. The highest BCUT2D eigenvalue weighted by Gasteiger charge is 2.43. The molecule has 0 aromatic heterocycles. The quantitative estimate of drug-likeness (QED) is 0.390. The van der Waals surface area contributed by atoms with Crippen LogP contribution >= 0.6 is 0 Å². The van der Waals surface area contributed by atoms with Crippen molar-refractivity contribution in [3.63, 3.8) is 0 Å². The molecule has 3 nitrogen and oxygen atoms in total. The van der Waals surface area contributed by atoms with Crippen molar-refractivity contribution in [1.82, 2.24) is 5.43 Å². The van der Waals surface area contributed by atoms with Crippen LogP contribution in [0, 0.1) is 5.92 Å². The Balaban J connectivity index is 4.33. The Morgan fingerprint density at radius 1 is 1.58 bits per heavy atom. The third-order valence-electron chi connectivity index (χ3n) is 1.43. The number of rotatable bonds is 3. The van der Waals surface area contributed by atoms with Gasteiger partial charge in [-0.05, 0) is 6.42 Å². The van der Waals surface area contributed by atoms with Gasteiger partial charge in [0.05, 0.1) is 0 Å². The number of carbonyl (C=O) groups is 1. The fourth-order valence-electron chi connectivity index (χ4n) is 0.833. The molecule has 0 spiro atoms. The zero-order chi connectivity index (χ0) is 9.78. The number of nitrogens with two attached hydrogens (primary N) is 1. The monoisotopic (exact) mass is 184 g/mol. The SMILES string of the molecule is CCCC(C(=O)NN)C(F)(F)F. The van der Waals surface area contributed by atoms with Crippen molar-refractivity contribution in [2.45, 2.75) is 25.9 Å². The Kier molecular flexibility index (Phi) is 4.02. The molecule has 0 aromatic rings. The van der Waals surface area contributed by atoms with E-state index in [1.807, 2.05) is 0 Å². The van der Waals surface area contributed by atoms with E-state index in [1.165, 1.54) is 5.43 Å². The molecule has 0 saturated heterocycles. The highest BCUT2D eigenvalue weighted by Crippen LogP contribution is 2.29. The van der Waals surface area contributed by atoms with Gasteiger partial charge >= 0.3 is 6.18 Å². The van der Waals surface area contributed by atoms with Crippen LogP contribution in [0.25, 0.3) is 0 Å². The van der Waals surface area contributed by atoms with E-state index in [-0.39, 0.29) is 12.8 Å².